The number of aromatic hydroxyl groups is 1. The zero-order valence-electron chi connectivity index (χ0n) is 14.0. The summed E-state index contributed by atoms with van der Waals surface area (Å²) in [5.41, 5.74) is 4.49. The molecular formula is C18H15N3O5. The van der Waals surface area contributed by atoms with Crippen LogP contribution in [0, 0.1) is 24.0 Å². The van der Waals surface area contributed by atoms with Crippen LogP contribution in [0.15, 0.2) is 42.0 Å². The molecule has 1 fully saturated rings. The van der Waals surface area contributed by atoms with E-state index in [4.69, 9.17) is 0 Å². The Morgan fingerprint density at radius 3 is 2.50 bits per heavy atom. The summed E-state index contributed by atoms with van der Waals surface area (Å²) in [4.78, 5) is 35.1. The largest absolute Gasteiger partial charge is 0.507 e. The van der Waals surface area contributed by atoms with Gasteiger partial charge >= 0.3 is 0 Å². The first kappa shape index (κ1) is 17.2. The lowest BCUT2D eigenvalue weighted by Crippen LogP contribution is -2.35. The van der Waals surface area contributed by atoms with E-state index in [1.54, 1.807) is 12.1 Å². The lowest BCUT2D eigenvalue weighted by Gasteiger charge is -2.15. The SMILES string of the molecule is Cc1ccc(N2NC(=O)/C(=C/c3cc([N+](=O)[O-])ccc3O)C2=O)cc1C. The monoisotopic (exact) mass is 353 g/mol. The van der Waals surface area contributed by atoms with Crippen molar-refractivity contribution in [2.75, 3.05) is 5.01 Å². The number of carbonyl (C=O) groups is 2. The highest BCUT2D eigenvalue weighted by atomic mass is 16.6. The Balaban J connectivity index is 1.99. The van der Waals surface area contributed by atoms with Crippen LogP contribution in [0.5, 0.6) is 5.75 Å². The summed E-state index contributed by atoms with van der Waals surface area (Å²) in [5.74, 6) is -1.53. The van der Waals surface area contributed by atoms with Crippen LogP contribution in [-0.4, -0.2) is 21.8 Å². The van der Waals surface area contributed by atoms with Gasteiger partial charge in [-0.25, -0.2) is 5.01 Å². The minimum atomic E-state index is -0.654. The van der Waals surface area contributed by atoms with E-state index in [2.05, 4.69) is 5.43 Å². The Morgan fingerprint density at radius 1 is 1.12 bits per heavy atom. The number of phenols is 1. The summed E-state index contributed by atoms with van der Waals surface area (Å²) >= 11 is 0. The van der Waals surface area contributed by atoms with Crippen molar-refractivity contribution in [3.8, 4) is 5.75 Å². The van der Waals surface area contributed by atoms with Crippen molar-refractivity contribution in [3.63, 3.8) is 0 Å². The molecule has 2 amide bonds. The fraction of sp³-hybridized carbons (Fsp3) is 0.111. The van der Waals surface area contributed by atoms with E-state index < -0.39 is 16.7 Å². The third-order valence-electron chi connectivity index (χ3n) is 4.16. The molecule has 1 aliphatic heterocycles. The molecule has 0 bridgehead atoms. The third-order valence-corrected chi connectivity index (χ3v) is 4.16. The van der Waals surface area contributed by atoms with Crippen LogP contribution in [0.1, 0.15) is 16.7 Å². The first-order valence-electron chi connectivity index (χ1n) is 7.69. The molecule has 2 aromatic rings. The fourth-order valence-electron chi connectivity index (χ4n) is 2.53. The van der Waals surface area contributed by atoms with Crippen LogP contribution < -0.4 is 10.4 Å². The van der Waals surface area contributed by atoms with Gasteiger partial charge < -0.3 is 5.11 Å². The van der Waals surface area contributed by atoms with Crippen LogP contribution in [0.3, 0.4) is 0 Å². The van der Waals surface area contributed by atoms with Crippen LogP contribution >= 0.6 is 0 Å². The molecule has 1 aliphatic rings. The van der Waals surface area contributed by atoms with E-state index in [1.807, 2.05) is 19.9 Å². The van der Waals surface area contributed by atoms with Crippen molar-refractivity contribution >= 4 is 29.3 Å². The molecule has 1 heterocycles. The zero-order valence-corrected chi connectivity index (χ0v) is 14.0. The zero-order chi connectivity index (χ0) is 19.0. The van der Waals surface area contributed by atoms with Crippen LogP contribution in [0.4, 0.5) is 11.4 Å². The third kappa shape index (κ3) is 3.00. The average molecular weight is 353 g/mol. The Morgan fingerprint density at radius 2 is 1.85 bits per heavy atom. The van der Waals surface area contributed by atoms with Gasteiger partial charge in [-0.2, -0.15) is 0 Å². The number of phenolic OH excluding ortho intramolecular Hbond substituents is 1. The first-order valence-corrected chi connectivity index (χ1v) is 7.69. The van der Waals surface area contributed by atoms with Gasteiger partial charge in [-0.05, 0) is 49.2 Å². The summed E-state index contributed by atoms with van der Waals surface area (Å²) in [5, 5.41) is 21.9. The number of nitro groups is 1. The Labute approximate surface area is 148 Å². The second kappa shape index (κ2) is 6.32. The molecule has 26 heavy (non-hydrogen) atoms. The van der Waals surface area contributed by atoms with Crippen molar-refractivity contribution in [2.24, 2.45) is 0 Å². The molecule has 0 aliphatic carbocycles. The fourth-order valence-corrected chi connectivity index (χ4v) is 2.53. The number of carbonyl (C=O) groups excluding carboxylic acids is 2. The maximum absolute atomic E-state index is 12.6. The minimum absolute atomic E-state index is 0.0136. The number of amides is 2. The lowest BCUT2D eigenvalue weighted by atomic mass is 10.1. The van der Waals surface area contributed by atoms with Gasteiger partial charge in [0.25, 0.3) is 17.5 Å². The lowest BCUT2D eigenvalue weighted by molar-refractivity contribution is -0.384. The van der Waals surface area contributed by atoms with Crippen molar-refractivity contribution in [2.45, 2.75) is 13.8 Å². The van der Waals surface area contributed by atoms with Crippen molar-refractivity contribution in [3.05, 3.63) is 68.8 Å². The smallest absolute Gasteiger partial charge is 0.282 e. The van der Waals surface area contributed by atoms with E-state index in [0.29, 0.717) is 5.69 Å². The number of non-ortho nitro benzene ring substituents is 1. The Bertz CT molecular complexity index is 981. The maximum Gasteiger partial charge on any atom is 0.282 e. The van der Waals surface area contributed by atoms with Crippen LogP contribution in [0.25, 0.3) is 6.08 Å². The van der Waals surface area contributed by atoms with Gasteiger partial charge in [-0.3, -0.25) is 25.1 Å². The first-order chi connectivity index (χ1) is 12.3. The summed E-state index contributed by atoms with van der Waals surface area (Å²) in [6.07, 6.45) is 1.14. The summed E-state index contributed by atoms with van der Waals surface area (Å²) < 4.78 is 0. The van der Waals surface area contributed by atoms with Gasteiger partial charge in [0.05, 0.1) is 10.6 Å². The second-order valence-corrected chi connectivity index (χ2v) is 5.91. The van der Waals surface area contributed by atoms with Gasteiger partial charge in [-0.15, -0.1) is 0 Å². The van der Waals surface area contributed by atoms with E-state index in [1.165, 1.54) is 0 Å². The van der Waals surface area contributed by atoms with Gasteiger partial charge in [0.15, 0.2) is 0 Å². The van der Waals surface area contributed by atoms with E-state index in [0.717, 1.165) is 40.4 Å². The maximum atomic E-state index is 12.6. The quantitative estimate of drug-likeness (QED) is 0.381. The summed E-state index contributed by atoms with van der Waals surface area (Å²) in [6.45, 7) is 3.82. The number of rotatable bonds is 3. The number of aryl methyl sites for hydroxylation is 2. The standard InChI is InChI=1S/C18H15N3O5/c1-10-3-4-13(7-11(10)2)20-18(24)15(17(23)19-20)9-12-8-14(21(25)26)5-6-16(12)22/h3-9,22H,1-2H3,(H,19,23)/b15-9-. The number of hydrogen-bond acceptors (Lipinski definition) is 5. The number of hydrazine groups is 1. The predicted octanol–water partition coefficient (Wildman–Crippen LogP) is 2.38. The van der Waals surface area contributed by atoms with Crippen LogP contribution in [0.2, 0.25) is 0 Å². The molecule has 0 spiro atoms. The topological polar surface area (TPSA) is 113 Å². The minimum Gasteiger partial charge on any atom is -0.507 e. The van der Waals surface area contributed by atoms with Crippen LogP contribution in [-0.2, 0) is 9.59 Å². The molecule has 0 aromatic heterocycles. The second-order valence-electron chi connectivity index (χ2n) is 5.91. The number of hydrogen-bond donors (Lipinski definition) is 2. The molecule has 8 heteroatoms. The van der Waals surface area contributed by atoms with E-state index in [-0.39, 0.29) is 22.6 Å². The van der Waals surface area contributed by atoms with Gasteiger partial charge in [-0.1, -0.05) is 6.07 Å². The number of anilines is 1. The van der Waals surface area contributed by atoms with Gasteiger partial charge in [0, 0.05) is 17.7 Å². The van der Waals surface area contributed by atoms with Gasteiger partial charge in [0.2, 0.25) is 0 Å². The molecule has 8 nitrogen and oxygen atoms in total. The molecule has 2 N–H and O–H groups in total. The molecule has 0 radical (unpaired) electrons. The summed E-state index contributed by atoms with van der Waals surface area (Å²) in [6, 6.07) is 8.67. The molecular weight excluding hydrogens is 338 g/mol. The van der Waals surface area contributed by atoms with Crippen molar-refractivity contribution in [1.82, 2.24) is 5.43 Å². The number of nitro benzene ring substituents is 1. The number of benzene rings is 2. The molecule has 1 saturated heterocycles. The molecule has 0 saturated carbocycles. The molecule has 2 aromatic carbocycles. The van der Waals surface area contributed by atoms with Crippen molar-refractivity contribution < 1.29 is 19.6 Å². The Hall–Kier alpha value is -3.68. The highest BCUT2D eigenvalue weighted by molar-refractivity contribution is 6.31. The molecule has 132 valence electrons. The summed E-state index contributed by atoms with van der Waals surface area (Å²) in [7, 11) is 0. The van der Waals surface area contributed by atoms with E-state index in [9.17, 15) is 24.8 Å². The molecule has 3 rings (SSSR count). The average Bonchev–Trinajstić information content (AvgIpc) is 2.87. The molecule has 0 unspecified atom stereocenters. The molecule has 0 atom stereocenters. The predicted molar refractivity (Wildman–Crippen MR) is 94.3 cm³/mol. The van der Waals surface area contributed by atoms with Gasteiger partial charge in [0.1, 0.15) is 11.3 Å². The van der Waals surface area contributed by atoms with E-state index >= 15 is 0 Å². The van der Waals surface area contributed by atoms with Crippen molar-refractivity contribution in [1.29, 1.82) is 0 Å². The highest BCUT2D eigenvalue weighted by Gasteiger charge is 2.34. The number of nitrogens with zero attached hydrogens (tertiary/aromatic N) is 2. The number of nitrogens with one attached hydrogen (secondary N) is 1. The Kier molecular flexibility index (Phi) is 4.17. The highest BCUT2D eigenvalue weighted by Crippen LogP contribution is 2.28. The normalized spacial score (nSPS) is 15.5.